The number of hydrogen-bond donors (Lipinski definition) is 2. The van der Waals surface area contributed by atoms with E-state index in [-0.39, 0.29) is 18.6 Å². The lowest BCUT2D eigenvalue weighted by atomic mass is 10.1. The lowest BCUT2D eigenvalue weighted by molar-refractivity contribution is 0.0671. The zero-order valence-electron chi connectivity index (χ0n) is 11.4. The molecule has 0 saturated carbocycles. The van der Waals surface area contributed by atoms with Gasteiger partial charge in [0.05, 0.1) is 23.4 Å². The molecule has 21 heavy (non-hydrogen) atoms. The van der Waals surface area contributed by atoms with Gasteiger partial charge in [-0.15, -0.1) is 0 Å². The summed E-state index contributed by atoms with van der Waals surface area (Å²) in [4.78, 5) is 14.2. The maximum Gasteiger partial charge on any atom is 0.272 e. The summed E-state index contributed by atoms with van der Waals surface area (Å²) in [5, 5.41) is 16.9. The summed E-state index contributed by atoms with van der Waals surface area (Å²) in [6.07, 6.45) is 1.76. The van der Waals surface area contributed by atoms with Crippen molar-refractivity contribution < 1.29 is 9.90 Å². The van der Waals surface area contributed by atoms with Crippen LogP contribution >= 0.6 is 11.6 Å². The van der Waals surface area contributed by atoms with Gasteiger partial charge in [0.1, 0.15) is 5.69 Å². The summed E-state index contributed by atoms with van der Waals surface area (Å²) in [6, 6.07) is 8.98. The van der Waals surface area contributed by atoms with Crippen molar-refractivity contribution in [2.75, 3.05) is 13.2 Å². The fraction of sp³-hybridized carbons (Fsp3) is 0.333. The fourth-order valence-electron chi connectivity index (χ4n) is 2.69. The van der Waals surface area contributed by atoms with Crippen LogP contribution in [0.5, 0.6) is 0 Å². The number of H-pyrrole nitrogens is 1. The molecular formula is C15H16ClN3O2. The van der Waals surface area contributed by atoms with Crippen LogP contribution in [0.3, 0.4) is 0 Å². The van der Waals surface area contributed by atoms with Crippen LogP contribution in [-0.4, -0.2) is 45.3 Å². The average Bonchev–Trinajstić information content (AvgIpc) is 3.16. The normalized spacial score (nSPS) is 18.2. The number of nitrogens with zero attached hydrogens (tertiary/aromatic N) is 2. The third-order valence-corrected chi connectivity index (χ3v) is 4.14. The first-order valence-electron chi connectivity index (χ1n) is 6.93. The van der Waals surface area contributed by atoms with Crippen molar-refractivity contribution in [1.82, 2.24) is 15.1 Å². The minimum atomic E-state index is -0.127. The Hall–Kier alpha value is -1.85. The number of rotatable bonds is 3. The molecule has 1 aromatic heterocycles. The molecule has 5 nitrogen and oxygen atoms in total. The van der Waals surface area contributed by atoms with Crippen molar-refractivity contribution in [3.63, 3.8) is 0 Å². The Bertz CT molecular complexity index is 656. The van der Waals surface area contributed by atoms with E-state index in [2.05, 4.69) is 10.2 Å². The van der Waals surface area contributed by atoms with Gasteiger partial charge in [0.2, 0.25) is 0 Å². The van der Waals surface area contributed by atoms with E-state index in [1.54, 1.807) is 17.0 Å². The molecule has 2 N–H and O–H groups in total. The maximum atomic E-state index is 12.5. The quantitative estimate of drug-likeness (QED) is 0.914. The maximum absolute atomic E-state index is 12.5. The third-order valence-electron chi connectivity index (χ3n) is 3.81. The third kappa shape index (κ3) is 2.66. The van der Waals surface area contributed by atoms with Crippen LogP contribution in [0, 0.1) is 0 Å². The Labute approximate surface area is 127 Å². The second-order valence-electron chi connectivity index (χ2n) is 5.12. The first kappa shape index (κ1) is 14.1. The molecule has 1 aromatic carbocycles. The molecule has 1 aliphatic rings. The number of aromatic nitrogens is 2. The van der Waals surface area contributed by atoms with Gasteiger partial charge in [0.15, 0.2) is 0 Å². The van der Waals surface area contributed by atoms with Crippen LogP contribution in [0.1, 0.15) is 23.3 Å². The van der Waals surface area contributed by atoms with Crippen LogP contribution in [0.15, 0.2) is 30.3 Å². The number of nitrogens with one attached hydrogen (secondary N) is 1. The topological polar surface area (TPSA) is 69.2 Å². The largest absolute Gasteiger partial charge is 0.394 e. The second kappa shape index (κ2) is 5.87. The summed E-state index contributed by atoms with van der Waals surface area (Å²) in [7, 11) is 0. The highest BCUT2D eigenvalue weighted by molar-refractivity contribution is 6.33. The van der Waals surface area contributed by atoms with Gasteiger partial charge in [0, 0.05) is 12.1 Å². The zero-order chi connectivity index (χ0) is 14.8. The Balaban J connectivity index is 1.85. The van der Waals surface area contributed by atoms with E-state index in [1.165, 1.54) is 0 Å². The predicted molar refractivity (Wildman–Crippen MR) is 80.2 cm³/mol. The van der Waals surface area contributed by atoms with Gasteiger partial charge in [-0.3, -0.25) is 9.89 Å². The molecule has 2 heterocycles. The van der Waals surface area contributed by atoms with E-state index in [4.69, 9.17) is 11.6 Å². The highest BCUT2D eigenvalue weighted by Gasteiger charge is 2.29. The Morgan fingerprint density at radius 3 is 3.05 bits per heavy atom. The first-order chi connectivity index (χ1) is 10.2. The van der Waals surface area contributed by atoms with Crippen molar-refractivity contribution in [1.29, 1.82) is 0 Å². The predicted octanol–water partition coefficient (Wildman–Crippen LogP) is 2.33. The van der Waals surface area contributed by atoms with E-state index in [0.717, 1.165) is 18.4 Å². The molecule has 1 atom stereocenters. The molecule has 0 aliphatic carbocycles. The monoisotopic (exact) mass is 305 g/mol. The van der Waals surface area contributed by atoms with Crippen LogP contribution in [0.25, 0.3) is 11.3 Å². The van der Waals surface area contributed by atoms with Gasteiger partial charge in [-0.2, -0.15) is 5.10 Å². The van der Waals surface area contributed by atoms with Crippen LogP contribution in [0.4, 0.5) is 0 Å². The molecular weight excluding hydrogens is 290 g/mol. The molecule has 6 heteroatoms. The molecule has 0 spiro atoms. The standard InChI is InChI=1S/C15H16ClN3O2/c16-12-6-2-1-5-11(12)13-8-14(18-17-13)15(21)19-7-3-4-10(19)9-20/h1-2,5-6,8,10,20H,3-4,7,9H2,(H,17,18)/t10-/m1/s1. The summed E-state index contributed by atoms with van der Waals surface area (Å²) in [5.41, 5.74) is 1.85. The van der Waals surface area contributed by atoms with Crippen molar-refractivity contribution in [3.8, 4) is 11.3 Å². The van der Waals surface area contributed by atoms with Crippen molar-refractivity contribution in [2.24, 2.45) is 0 Å². The average molecular weight is 306 g/mol. The number of benzene rings is 1. The van der Waals surface area contributed by atoms with Crippen molar-refractivity contribution >= 4 is 17.5 Å². The second-order valence-corrected chi connectivity index (χ2v) is 5.53. The van der Waals surface area contributed by atoms with Crippen molar-refractivity contribution in [2.45, 2.75) is 18.9 Å². The smallest absolute Gasteiger partial charge is 0.272 e. The van der Waals surface area contributed by atoms with E-state index in [0.29, 0.717) is 23.0 Å². The summed E-state index contributed by atoms with van der Waals surface area (Å²) in [6.45, 7) is 0.668. The van der Waals surface area contributed by atoms with Gasteiger partial charge in [-0.25, -0.2) is 0 Å². The molecule has 0 unspecified atom stereocenters. The van der Waals surface area contributed by atoms with E-state index < -0.39 is 0 Å². The Morgan fingerprint density at radius 1 is 1.48 bits per heavy atom. The number of halogens is 1. The highest BCUT2D eigenvalue weighted by atomic mass is 35.5. The lowest BCUT2D eigenvalue weighted by Crippen LogP contribution is -2.37. The number of hydrogen-bond acceptors (Lipinski definition) is 3. The van der Waals surface area contributed by atoms with Gasteiger partial charge in [-0.05, 0) is 25.0 Å². The zero-order valence-corrected chi connectivity index (χ0v) is 12.2. The van der Waals surface area contributed by atoms with Gasteiger partial charge < -0.3 is 10.0 Å². The molecule has 110 valence electrons. The van der Waals surface area contributed by atoms with Gasteiger partial charge in [0.25, 0.3) is 5.91 Å². The van der Waals surface area contributed by atoms with E-state index >= 15 is 0 Å². The van der Waals surface area contributed by atoms with E-state index in [1.807, 2.05) is 18.2 Å². The molecule has 0 bridgehead atoms. The van der Waals surface area contributed by atoms with Crippen LogP contribution in [0.2, 0.25) is 5.02 Å². The first-order valence-corrected chi connectivity index (χ1v) is 7.30. The summed E-state index contributed by atoms with van der Waals surface area (Å²) >= 11 is 6.14. The number of likely N-dealkylation sites (tertiary alicyclic amines) is 1. The number of carbonyl (C=O) groups excluding carboxylic acids is 1. The van der Waals surface area contributed by atoms with Gasteiger partial charge in [-0.1, -0.05) is 29.8 Å². The molecule has 2 aromatic rings. The van der Waals surface area contributed by atoms with Crippen LogP contribution in [-0.2, 0) is 0 Å². The van der Waals surface area contributed by atoms with Gasteiger partial charge >= 0.3 is 0 Å². The SMILES string of the molecule is O=C(c1cc(-c2ccccc2Cl)n[nH]1)N1CCC[C@@H]1CO. The molecule has 1 amide bonds. The van der Waals surface area contributed by atoms with E-state index in [9.17, 15) is 9.90 Å². The van der Waals surface area contributed by atoms with Crippen LogP contribution < -0.4 is 0 Å². The highest BCUT2D eigenvalue weighted by Crippen LogP contribution is 2.27. The minimum absolute atomic E-state index is 0.00273. The number of aromatic amines is 1. The molecule has 1 fully saturated rings. The molecule has 1 aliphatic heterocycles. The molecule has 0 radical (unpaired) electrons. The lowest BCUT2D eigenvalue weighted by Gasteiger charge is -2.21. The number of amides is 1. The van der Waals surface area contributed by atoms with Crippen molar-refractivity contribution in [3.05, 3.63) is 41.0 Å². The number of aliphatic hydroxyl groups excluding tert-OH is 1. The summed E-state index contributed by atoms with van der Waals surface area (Å²) < 4.78 is 0. The molecule has 3 rings (SSSR count). The number of aliphatic hydroxyl groups is 1. The molecule has 1 saturated heterocycles. The Morgan fingerprint density at radius 2 is 2.29 bits per heavy atom. The minimum Gasteiger partial charge on any atom is -0.394 e. The number of carbonyl (C=O) groups is 1. The Kier molecular flexibility index (Phi) is 3.94. The summed E-state index contributed by atoms with van der Waals surface area (Å²) in [5.74, 6) is -0.127. The fourth-order valence-corrected chi connectivity index (χ4v) is 2.92.